The Hall–Kier alpha value is -1.55. The van der Waals surface area contributed by atoms with Crippen LogP contribution in [0.15, 0.2) is 36.4 Å². The Labute approximate surface area is 148 Å². The molecule has 24 heavy (non-hydrogen) atoms. The molecule has 0 heterocycles. The fraction of sp³-hybridized carbons (Fsp3) is 0.609. The zero-order chi connectivity index (χ0) is 17.0. The molecule has 1 nitrogen and oxygen atoms in total. The van der Waals surface area contributed by atoms with Gasteiger partial charge in [0, 0.05) is 6.08 Å². The van der Waals surface area contributed by atoms with Gasteiger partial charge in [-0.15, -0.1) is 0 Å². The normalized spacial score (nSPS) is 21.0. The molecule has 0 radical (unpaired) electrons. The van der Waals surface area contributed by atoms with Crippen molar-refractivity contribution >= 4 is 0 Å². The maximum atomic E-state index is 8.51. The SMILES string of the molecule is CCCCc1ccc(CC[C@H]2CC[C@H](CC/C=C/C#N)CC2)cc1. The van der Waals surface area contributed by atoms with Gasteiger partial charge in [-0.05, 0) is 61.5 Å². The van der Waals surface area contributed by atoms with Crippen molar-refractivity contribution in [3.8, 4) is 6.07 Å². The van der Waals surface area contributed by atoms with Crippen molar-refractivity contribution in [3.63, 3.8) is 0 Å². The molecule has 1 aromatic rings. The topological polar surface area (TPSA) is 23.8 Å². The molecule has 0 bridgehead atoms. The summed E-state index contributed by atoms with van der Waals surface area (Å²) in [4.78, 5) is 0. The zero-order valence-corrected chi connectivity index (χ0v) is 15.3. The van der Waals surface area contributed by atoms with E-state index in [2.05, 4.69) is 37.3 Å². The molecule has 2 rings (SSSR count). The van der Waals surface area contributed by atoms with Crippen LogP contribution in [-0.2, 0) is 12.8 Å². The van der Waals surface area contributed by atoms with E-state index in [1.165, 1.54) is 75.3 Å². The summed E-state index contributed by atoms with van der Waals surface area (Å²) in [6.07, 6.45) is 18.0. The number of hydrogen-bond donors (Lipinski definition) is 0. The van der Waals surface area contributed by atoms with Crippen molar-refractivity contribution < 1.29 is 0 Å². The quantitative estimate of drug-likeness (QED) is 0.468. The van der Waals surface area contributed by atoms with E-state index in [9.17, 15) is 0 Å². The molecule has 0 saturated heterocycles. The third-order valence-corrected chi connectivity index (χ3v) is 5.58. The van der Waals surface area contributed by atoms with Crippen LogP contribution in [0.5, 0.6) is 0 Å². The van der Waals surface area contributed by atoms with Gasteiger partial charge in [-0.1, -0.05) is 69.4 Å². The molecular weight excluding hydrogens is 290 g/mol. The standard InChI is InChI=1S/C23H33N/c1-2-3-7-20-9-13-22(14-10-20)17-18-23-15-11-21(12-16-23)8-5-4-6-19-24/h4,6,9-10,13-14,21,23H,2-3,5,7-8,11-12,15-18H2,1H3/b6-4+/t21-,23-. The number of nitrogens with zero attached hydrogens (tertiary/aromatic N) is 1. The third kappa shape index (κ3) is 6.91. The van der Waals surface area contributed by atoms with E-state index < -0.39 is 0 Å². The summed E-state index contributed by atoms with van der Waals surface area (Å²) in [5.74, 6) is 1.82. The fourth-order valence-electron chi connectivity index (χ4n) is 3.90. The summed E-state index contributed by atoms with van der Waals surface area (Å²) in [7, 11) is 0. The highest BCUT2D eigenvalue weighted by molar-refractivity contribution is 5.22. The lowest BCUT2D eigenvalue weighted by atomic mass is 9.78. The number of unbranched alkanes of at least 4 members (excludes halogenated alkanes) is 1. The van der Waals surface area contributed by atoms with Crippen LogP contribution in [-0.4, -0.2) is 0 Å². The van der Waals surface area contributed by atoms with E-state index in [1.54, 1.807) is 6.08 Å². The van der Waals surface area contributed by atoms with Gasteiger partial charge >= 0.3 is 0 Å². The van der Waals surface area contributed by atoms with E-state index in [-0.39, 0.29) is 0 Å². The van der Waals surface area contributed by atoms with Crippen LogP contribution in [0, 0.1) is 23.2 Å². The lowest BCUT2D eigenvalue weighted by molar-refractivity contribution is 0.254. The second kappa shape index (κ2) is 11.1. The van der Waals surface area contributed by atoms with Crippen LogP contribution >= 0.6 is 0 Å². The fourth-order valence-corrected chi connectivity index (χ4v) is 3.90. The third-order valence-electron chi connectivity index (χ3n) is 5.58. The summed E-state index contributed by atoms with van der Waals surface area (Å²) in [6.45, 7) is 2.26. The van der Waals surface area contributed by atoms with Gasteiger partial charge in [0.05, 0.1) is 6.07 Å². The Bertz CT molecular complexity index is 512. The average Bonchev–Trinajstić information content (AvgIpc) is 2.64. The molecule has 1 aromatic carbocycles. The molecular formula is C23H33N. The highest BCUT2D eigenvalue weighted by Gasteiger charge is 2.20. The number of aryl methyl sites for hydroxylation is 2. The second-order valence-corrected chi connectivity index (χ2v) is 7.45. The second-order valence-electron chi connectivity index (χ2n) is 7.45. The molecule has 1 saturated carbocycles. The van der Waals surface area contributed by atoms with Crippen LogP contribution in [0.2, 0.25) is 0 Å². The van der Waals surface area contributed by atoms with Crippen molar-refractivity contribution in [3.05, 3.63) is 47.5 Å². The van der Waals surface area contributed by atoms with Crippen molar-refractivity contribution in [2.75, 3.05) is 0 Å². The van der Waals surface area contributed by atoms with Crippen molar-refractivity contribution in [2.24, 2.45) is 11.8 Å². The number of rotatable bonds is 9. The minimum atomic E-state index is 0.891. The van der Waals surface area contributed by atoms with Crippen LogP contribution in [0.3, 0.4) is 0 Å². The molecule has 0 aromatic heterocycles. The van der Waals surface area contributed by atoms with E-state index in [0.29, 0.717) is 0 Å². The molecule has 0 N–H and O–H groups in total. The summed E-state index contributed by atoms with van der Waals surface area (Å²) in [6, 6.07) is 11.4. The molecule has 130 valence electrons. The van der Waals surface area contributed by atoms with Gasteiger partial charge in [-0.25, -0.2) is 0 Å². The van der Waals surface area contributed by atoms with Crippen LogP contribution in [0.1, 0.15) is 75.8 Å². The van der Waals surface area contributed by atoms with Gasteiger partial charge in [-0.3, -0.25) is 0 Å². The van der Waals surface area contributed by atoms with Gasteiger partial charge < -0.3 is 0 Å². The first kappa shape index (κ1) is 18.8. The first-order valence-electron chi connectivity index (χ1n) is 9.94. The lowest BCUT2D eigenvalue weighted by Crippen LogP contribution is -2.15. The zero-order valence-electron chi connectivity index (χ0n) is 15.3. The number of allylic oxidation sites excluding steroid dienone is 2. The van der Waals surface area contributed by atoms with E-state index in [1.807, 2.05) is 6.08 Å². The Kier molecular flexibility index (Phi) is 8.67. The molecule has 1 aliphatic carbocycles. The highest BCUT2D eigenvalue weighted by Crippen LogP contribution is 2.34. The molecule has 0 atom stereocenters. The first-order chi connectivity index (χ1) is 11.8. The highest BCUT2D eigenvalue weighted by atomic mass is 14.3. The molecule has 1 aliphatic rings. The van der Waals surface area contributed by atoms with E-state index in [0.717, 1.165) is 18.3 Å². The summed E-state index contributed by atoms with van der Waals surface area (Å²) < 4.78 is 0. The van der Waals surface area contributed by atoms with Crippen molar-refractivity contribution in [1.29, 1.82) is 5.26 Å². The average molecular weight is 324 g/mol. The minimum Gasteiger partial charge on any atom is -0.193 e. The maximum Gasteiger partial charge on any atom is 0.0908 e. The Morgan fingerprint density at radius 2 is 1.54 bits per heavy atom. The van der Waals surface area contributed by atoms with E-state index in [4.69, 9.17) is 5.26 Å². The van der Waals surface area contributed by atoms with Gasteiger partial charge in [-0.2, -0.15) is 5.26 Å². The Morgan fingerprint density at radius 3 is 2.12 bits per heavy atom. The maximum absolute atomic E-state index is 8.51. The molecule has 0 aliphatic heterocycles. The Balaban J connectivity index is 1.63. The smallest absolute Gasteiger partial charge is 0.0908 e. The predicted octanol–water partition coefficient (Wildman–Crippen LogP) is 6.63. The first-order valence-corrected chi connectivity index (χ1v) is 9.94. The number of hydrogen-bond acceptors (Lipinski definition) is 1. The van der Waals surface area contributed by atoms with Gasteiger partial charge in [0.15, 0.2) is 0 Å². The van der Waals surface area contributed by atoms with Gasteiger partial charge in [0.1, 0.15) is 0 Å². The summed E-state index contributed by atoms with van der Waals surface area (Å²) in [5.41, 5.74) is 3.01. The van der Waals surface area contributed by atoms with Gasteiger partial charge in [0.2, 0.25) is 0 Å². The summed E-state index contributed by atoms with van der Waals surface area (Å²) >= 11 is 0. The van der Waals surface area contributed by atoms with Crippen molar-refractivity contribution in [1.82, 2.24) is 0 Å². The summed E-state index contributed by atoms with van der Waals surface area (Å²) in [5, 5.41) is 8.51. The van der Waals surface area contributed by atoms with Crippen LogP contribution < -0.4 is 0 Å². The predicted molar refractivity (Wildman–Crippen MR) is 103 cm³/mol. The molecule has 0 unspecified atom stereocenters. The molecule has 0 spiro atoms. The lowest BCUT2D eigenvalue weighted by Gasteiger charge is -2.28. The monoisotopic (exact) mass is 323 g/mol. The van der Waals surface area contributed by atoms with E-state index >= 15 is 0 Å². The molecule has 0 amide bonds. The number of benzene rings is 1. The van der Waals surface area contributed by atoms with Crippen LogP contribution in [0.25, 0.3) is 0 Å². The van der Waals surface area contributed by atoms with Gasteiger partial charge in [0.25, 0.3) is 0 Å². The number of nitriles is 1. The largest absolute Gasteiger partial charge is 0.193 e. The minimum absolute atomic E-state index is 0.891. The molecule has 1 heteroatoms. The van der Waals surface area contributed by atoms with Crippen LogP contribution in [0.4, 0.5) is 0 Å². The molecule has 1 fully saturated rings. The Morgan fingerprint density at radius 1 is 0.958 bits per heavy atom. The van der Waals surface area contributed by atoms with Crippen molar-refractivity contribution in [2.45, 2.75) is 77.6 Å².